The minimum atomic E-state index is 0.611. The highest BCUT2D eigenvalue weighted by molar-refractivity contribution is 6.32. The number of fused-ring (bicyclic) bond motifs is 1. The minimum Gasteiger partial charge on any atom is -0.495 e. The van der Waals surface area contributed by atoms with Gasteiger partial charge in [-0.25, -0.2) is 4.98 Å². The Morgan fingerprint density at radius 1 is 1.24 bits per heavy atom. The van der Waals surface area contributed by atoms with E-state index in [9.17, 15) is 0 Å². The summed E-state index contributed by atoms with van der Waals surface area (Å²) >= 11 is 6.12. The Hall–Kier alpha value is -2.20. The van der Waals surface area contributed by atoms with Gasteiger partial charge in [-0.15, -0.1) is 0 Å². The van der Waals surface area contributed by atoms with Gasteiger partial charge in [0.05, 0.1) is 12.1 Å². The van der Waals surface area contributed by atoms with Gasteiger partial charge in [0, 0.05) is 19.2 Å². The standard InChI is InChI=1S/C16H15ClN2O2/c1-10-19-14-8-12(4-6-16(14)21-10)18-9-11-3-5-15(20-2)13(17)7-11/h3-8,18H,9H2,1-2H3. The molecule has 3 rings (SSSR count). The Bertz CT molecular complexity index is 783. The number of anilines is 1. The molecule has 0 aliphatic heterocycles. The van der Waals surface area contributed by atoms with Crippen LogP contribution in [0.3, 0.4) is 0 Å². The maximum absolute atomic E-state index is 6.12. The van der Waals surface area contributed by atoms with Crippen LogP contribution in [0, 0.1) is 6.92 Å². The van der Waals surface area contributed by atoms with Crippen LogP contribution in [0.5, 0.6) is 5.75 Å². The van der Waals surface area contributed by atoms with Gasteiger partial charge in [0.1, 0.15) is 11.3 Å². The third-order valence-corrected chi connectivity index (χ3v) is 3.50. The summed E-state index contributed by atoms with van der Waals surface area (Å²) < 4.78 is 10.6. The molecule has 0 fully saturated rings. The lowest BCUT2D eigenvalue weighted by atomic mass is 10.2. The van der Waals surface area contributed by atoms with Gasteiger partial charge in [-0.3, -0.25) is 0 Å². The lowest BCUT2D eigenvalue weighted by molar-refractivity contribution is 0.415. The Morgan fingerprint density at radius 2 is 2.10 bits per heavy atom. The first-order chi connectivity index (χ1) is 10.2. The molecule has 3 aromatic rings. The average molecular weight is 303 g/mol. The molecule has 1 heterocycles. The predicted molar refractivity (Wildman–Crippen MR) is 84.1 cm³/mol. The van der Waals surface area contributed by atoms with E-state index in [0.717, 1.165) is 22.4 Å². The fourth-order valence-electron chi connectivity index (χ4n) is 2.18. The molecule has 0 amide bonds. The minimum absolute atomic E-state index is 0.611. The molecule has 0 bridgehead atoms. The van der Waals surface area contributed by atoms with Crippen LogP contribution in [-0.2, 0) is 6.54 Å². The van der Waals surface area contributed by atoms with Gasteiger partial charge < -0.3 is 14.5 Å². The fraction of sp³-hybridized carbons (Fsp3) is 0.188. The van der Waals surface area contributed by atoms with Crippen molar-refractivity contribution < 1.29 is 9.15 Å². The molecule has 21 heavy (non-hydrogen) atoms. The second-order valence-corrected chi connectivity index (χ2v) is 5.15. The van der Waals surface area contributed by atoms with E-state index in [1.165, 1.54) is 0 Å². The van der Waals surface area contributed by atoms with Crippen molar-refractivity contribution in [2.24, 2.45) is 0 Å². The highest BCUT2D eigenvalue weighted by Gasteiger charge is 2.04. The van der Waals surface area contributed by atoms with Gasteiger partial charge in [0.15, 0.2) is 11.5 Å². The van der Waals surface area contributed by atoms with Crippen molar-refractivity contribution in [2.75, 3.05) is 12.4 Å². The molecular weight excluding hydrogens is 288 g/mol. The molecule has 0 unspecified atom stereocenters. The van der Waals surface area contributed by atoms with Gasteiger partial charge in [-0.2, -0.15) is 0 Å². The molecule has 4 nitrogen and oxygen atoms in total. The molecule has 0 aliphatic rings. The van der Waals surface area contributed by atoms with Gasteiger partial charge in [-0.05, 0) is 35.9 Å². The van der Waals surface area contributed by atoms with E-state index in [-0.39, 0.29) is 0 Å². The van der Waals surface area contributed by atoms with Crippen LogP contribution in [-0.4, -0.2) is 12.1 Å². The van der Waals surface area contributed by atoms with Gasteiger partial charge >= 0.3 is 0 Å². The molecule has 0 saturated carbocycles. The van der Waals surface area contributed by atoms with Gasteiger partial charge in [0.2, 0.25) is 0 Å². The largest absolute Gasteiger partial charge is 0.495 e. The van der Waals surface area contributed by atoms with Crippen molar-refractivity contribution in [2.45, 2.75) is 13.5 Å². The summed E-state index contributed by atoms with van der Waals surface area (Å²) in [4.78, 5) is 4.32. The van der Waals surface area contributed by atoms with E-state index in [1.54, 1.807) is 7.11 Å². The summed E-state index contributed by atoms with van der Waals surface area (Å²) in [5, 5.41) is 3.96. The predicted octanol–water partition coefficient (Wildman–Crippen LogP) is 4.41. The van der Waals surface area contributed by atoms with Crippen LogP contribution in [0.4, 0.5) is 5.69 Å². The van der Waals surface area contributed by atoms with E-state index >= 15 is 0 Å². The van der Waals surface area contributed by atoms with E-state index in [1.807, 2.05) is 43.3 Å². The maximum atomic E-state index is 6.12. The van der Waals surface area contributed by atoms with Crippen molar-refractivity contribution in [3.05, 3.63) is 52.9 Å². The number of hydrogen-bond donors (Lipinski definition) is 1. The number of rotatable bonds is 4. The molecule has 0 radical (unpaired) electrons. The second-order valence-electron chi connectivity index (χ2n) is 4.74. The number of benzene rings is 2. The van der Waals surface area contributed by atoms with Crippen molar-refractivity contribution in [3.8, 4) is 5.75 Å². The number of hydrogen-bond acceptors (Lipinski definition) is 4. The van der Waals surface area contributed by atoms with Crippen LogP contribution in [0.2, 0.25) is 5.02 Å². The van der Waals surface area contributed by atoms with Crippen LogP contribution in [0.1, 0.15) is 11.5 Å². The first-order valence-corrected chi connectivity index (χ1v) is 6.97. The topological polar surface area (TPSA) is 47.3 Å². The summed E-state index contributed by atoms with van der Waals surface area (Å²) in [6, 6.07) is 11.6. The smallest absolute Gasteiger partial charge is 0.192 e. The molecule has 2 aromatic carbocycles. The highest BCUT2D eigenvalue weighted by atomic mass is 35.5. The summed E-state index contributed by atoms with van der Waals surface area (Å²) in [7, 11) is 1.61. The SMILES string of the molecule is COc1ccc(CNc2ccc3oc(C)nc3c2)cc1Cl. The number of nitrogens with one attached hydrogen (secondary N) is 1. The first kappa shape index (κ1) is 13.8. The molecule has 0 aliphatic carbocycles. The normalized spacial score (nSPS) is 10.8. The molecule has 1 aromatic heterocycles. The molecule has 1 N–H and O–H groups in total. The monoisotopic (exact) mass is 302 g/mol. The quantitative estimate of drug-likeness (QED) is 0.775. The molecular formula is C16H15ClN2O2. The van der Waals surface area contributed by atoms with Crippen molar-refractivity contribution in [1.29, 1.82) is 0 Å². The maximum Gasteiger partial charge on any atom is 0.192 e. The number of nitrogens with zero attached hydrogens (tertiary/aromatic N) is 1. The van der Waals surface area contributed by atoms with Crippen molar-refractivity contribution in [1.82, 2.24) is 4.98 Å². The van der Waals surface area contributed by atoms with Crippen LogP contribution >= 0.6 is 11.6 Å². The van der Waals surface area contributed by atoms with Crippen LogP contribution < -0.4 is 10.1 Å². The van der Waals surface area contributed by atoms with E-state index in [4.69, 9.17) is 20.8 Å². The van der Waals surface area contributed by atoms with Crippen LogP contribution in [0.25, 0.3) is 11.1 Å². The zero-order valence-electron chi connectivity index (χ0n) is 11.8. The average Bonchev–Trinajstić information content (AvgIpc) is 2.84. The highest BCUT2D eigenvalue weighted by Crippen LogP contribution is 2.25. The third-order valence-electron chi connectivity index (χ3n) is 3.21. The van der Waals surface area contributed by atoms with Crippen molar-refractivity contribution in [3.63, 3.8) is 0 Å². The zero-order chi connectivity index (χ0) is 14.8. The number of ether oxygens (including phenoxy) is 1. The lowest BCUT2D eigenvalue weighted by Gasteiger charge is -2.08. The fourth-order valence-corrected chi connectivity index (χ4v) is 2.46. The zero-order valence-corrected chi connectivity index (χ0v) is 12.6. The van der Waals surface area contributed by atoms with Gasteiger partial charge in [0.25, 0.3) is 0 Å². The summed E-state index contributed by atoms with van der Waals surface area (Å²) in [5.74, 6) is 1.35. The molecule has 0 saturated heterocycles. The second kappa shape index (κ2) is 5.66. The van der Waals surface area contributed by atoms with E-state index in [2.05, 4.69) is 10.3 Å². The Morgan fingerprint density at radius 3 is 2.86 bits per heavy atom. The van der Waals surface area contributed by atoms with Gasteiger partial charge in [-0.1, -0.05) is 17.7 Å². The lowest BCUT2D eigenvalue weighted by Crippen LogP contribution is -1.99. The molecule has 5 heteroatoms. The summed E-state index contributed by atoms with van der Waals surface area (Å²) in [5.41, 5.74) is 3.72. The van der Waals surface area contributed by atoms with Crippen LogP contribution in [0.15, 0.2) is 40.8 Å². The Labute approximate surface area is 127 Å². The number of halogens is 1. The number of oxazole rings is 1. The Kier molecular flexibility index (Phi) is 3.71. The van der Waals surface area contributed by atoms with E-state index < -0.39 is 0 Å². The summed E-state index contributed by atoms with van der Waals surface area (Å²) in [6.45, 7) is 2.51. The van der Waals surface area contributed by atoms with E-state index in [0.29, 0.717) is 23.2 Å². The number of methoxy groups -OCH3 is 1. The number of aromatic nitrogens is 1. The number of aryl methyl sites for hydroxylation is 1. The Balaban J connectivity index is 1.75. The third kappa shape index (κ3) is 2.95. The molecule has 0 spiro atoms. The first-order valence-electron chi connectivity index (χ1n) is 6.59. The molecule has 0 atom stereocenters. The molecule has 108 valence electrons. The van der Waals surface area contributed by atoms with Crippen molar-refractivity contribution >= 4 is 28.4 Å². The summed E-state index contributed by atoms with van der Waals surface area (Å²) in [6.07, 6.45) is 0.